The fourth-order valence-corrected chi connectivity index (χ4v) is 3.06. The third-order valence-corrected chi connectivity index (χ3v) is 4.71. The first-order valence-electron chi connectivity index (χ1n) is 7.80. The first-order valence-corrected chi connectivity index (χ1v) is 8.88. The number of benzene rings is 2. The van der Waals surface area contributed by atoms with Gasteiger partial charge in [-0.1, -0.05) is 30.3 Å². The number of nitrogens with zero attached hydrogens (tertiary/aromatic N) is 1. The van der Waals surface area contributed by atoms with E-state index in [-0.39, 0.29) is 5.91 Å². The number of rotatable bonds is 3. The molecule has 1 aliphatic heterocycles. The summed E-state index contributed by atoms with van der Waals surface area (Å²) in [4.78, 5) is 16.7. The summed E-state index contributed by atoms with van der Waals surface area (Å²) in [6.07, 6.45) is 3.52. The normalized spacial score (nSPS) is 14.3. The SMILES string of the molecule is O=C1Nc2ncc(-c3ccccc3)cc2/C1=C/Nc1ccc(I)cc1. The molecule has 0 saturated heterocycles. The zero-order chi connectivity index (χ0) is 17.2. The Morgan fingerprint density at radius 1 is 1.00 bits per heavy atom. The lowest BCUT2D eigenvalue weighted by Gasteiger charge is -2.05. The summed E-state index contributed by atoms with van der Waals surface area (Å²) in [5.41, 5.74) is 4.38. The second kappa shape index (κ2) is 6.68. The quantitative estimate of drug-likeness (QED) is 0.457. The minimum Gasteiger partial charge on any atom is -0.361 e. The summed E-state index contributed by atoms with van der Waals surface area (Å²) >= 11 is 2.26. The van der Waals surface area contributed by atoms with E-state index in [0.717, 1.165) is 25.9 Å². The minimum absolute atomic E-state index is 0.147. The molecule has 122 valence electrons. The van der Waals surface area contributed by atoms with Crippen molar-refractivity contribution >= 4 is 45.6 Å². The molecule has 0 radical (unpaired) electrons. The number of pyridine rings is 1. The fourth-order valence-electron chi connectivity index (χ4n) is 2.70. The number of aromatic nitrogens is 1. The fraction of sp³-hybridized carbons (Fsp3) is 0. The van der Waals surface area contributed by atoms with Crippen LogP contribution >= 0.6 is 22.6 Å². The van der Waals surface area contributed by atoms with Gasteiger partial charge in [0.05, 0.1) is 5.57 Å². The lowest BCUT2D eigenvalue weighted by molar-refractivity contribution is -0.110. The average molecular weight is 439 g/mol. The molecule has 3 aromatic rings. The molecule has 2 aromatic carbocycles. The van der Waals surface area contributed by atoms with Crippen LogP contribution in [-0.2, 0) is 4.79 Å². The molecule has 1 aliphatic rings. The zero-order valence-corrected chi connectivity index (χ0v) is 15.3. The molecule has 0 aliphatic carbocycles. The lowest BCUT2D eigenvalue weighted by Crippen LogP contribution is -2.05. The highest BCUT2D eigenvalue weighted by atomic mass is 127. The maximum absolute atomic E-state index is 12.3. The summed E-state index contributed by atoms with van der Waals surface area (Å²) < 4.78 is 1.16. The van der Waals surface area contributed by atoms with Gasteiger partial charge in [0, 0.05) is 32.8 Å². The van der Waals surface area contributed by atoms with Gasteiger partial charge in [0.1, 0.15) is 5.82 Å². The van der Waals surface area contributed by atoms with E-state index >= 15 is 0 Å². The Morgan fingerprint density at radius 3 is 2.52 bits per heavy atom. The van der Waals surface area contributed by atoms with Crippen LogP contribution in [0.5, 0.6) is 0 Å². The maximum Gasteiger partial charge on any atom is 0.259 e. The smallest absolute Gasteiger partial charge is 0.259 e. The van der Waals surface area contributed by atoms with Crippen molar-refractivity contribution < 1.29 is 4.79 Å². The minimum atomic E-state index is -0.147. The van der Waals surface area contributed by atoms with Crippen molar-refractivity contribution in [2.24, 2.45) is 0 Å². The standard InChI is InChI=1S/C20H14IN3O/c21-15-6-8-16(9-7-15)22-12-18-17-10-14(13-4-2-1-3-5-13)11-23-19(17)24-20(18)25/h1-12,22H,(H,23,24,25)/b18-12-. The molecule has 0 spiro atoms. The first-order chi connectivity index (χ1) is 12.2. The molecule has 2 heterocycles. The second-order valence-corrected chi connectivity index (χ2v) is 6.90. The van der Waals surface area contributed by atoms with Crippen LogP contribution in [0.4, 0.5) is 11.5 Å². The summed E-state index contributed by atoms with van der Waals surface area (Å²) in [6, 6.07) is 20.0. The van der Waals surface area contributed by atoms with Gasteiger partial charge < -0.3 is 10.6 Å². The Hall–Kier alpha value is -2.67. The van der Waals surface area contributed by atoms with Gasteiger partial charge in [-0.25, -0.2) is 4.98 Å². The van der Waals surface area contributed by atoms with Gasteiger partial charge in [0.2, 0.25) is 0 Å². The molecule has 25 heavy (non-hydrogen) atoms. The number of nitrogens with one attached hydrogen (secondary N) is 2. The molecule has 4 rings (SSSR count). The summed E-state index contributed by atoms with van der Waals surface area (Å²) in [7, 11) is 0. The van der Waals surface area contributed by atoms with Crippen LogP contribution in [0.3, 0.4) is 0 Å². The lowest BCUT2D eigenvalue weighted by atomic mass is 10.0. The number of fused-ring (bicyclic) bond motifs is 1. The van der Waals surface area contributed by atoms with E-state index in [0.29, 0.717) is 11.4 Å². The highest BCUT2D eigenvalue weighted by Gasteiger charge is 2.25. The van der Waals surface area contributed by atoms with Crippen molar-refractivity contribution in [3.8, 4) is 11.1 Å². The average Bonchev–Trinajstić information content (AvgIpc) is 2.96. The van der Waals surface area contributed by atoms with Crippen LogP contribution in [0.2, 0.25) is 0 Å². The van der Waals surface area contributed by atoms with E-state index in [4.69, 9.17) is 0 Å². The van der Waals surface area contributed by atoms with E-state index < -0.39 is 0 Å². The van der Waals surface area contributed by atoms with Crippen molar-refractivity contribution in [2.75, 3.05) is 10.6 Å². The first kappa shape index (κ1) is 15.8. The van der Waals surface area contributed by atoms with Gasteiger partial charge in [-0.05, 0) is 58.5 Å². The number of carbonyl (C=O) groups is 1. The predicted molar refractivity (Wildman–Crippen MR) is 109 cm³/mol. The summed E-state index contributed by atoms with van der Waals surface area (Å²) in [5, 5.41) is 6.00. The van der Waals surface area contributed by atoms with Crippen molar-refractivity contribution in [3.05, 3.63) is 82.2 Å². The molecule has 0 unspecified atom stereocenters. The Bertz CT molecular complexity index is 966. The number of anilines is 2. The van der Waals surface area contributed by atoms with Crippen LogP contribution in [0.1, 0.15) is 5.56 Å². The molecular weight excluding hydrogens is 425 g/mol. The van der Waals surface area contributed by atoms with Crippen molar-refractivity contribution in [1.82, 2.24) is 4.98 Å². The van der Waals surface area contributed by atoms with E-state index in [1.165, 1.54) is 0 Å². The Morgan fingerprint density at radius 2 is 1.76 bits per heavy atom. The van der Waals surface area contributed by atoms with Crippen LogP contribution in [0, 0.1) is 3.57 Å². The van der Waals surface area contributed by atoms with E-state index in [9.17, 15) is 4.79 Å². The van der Waals surface area contributed by atoms with Crippen LogP contribution < -0.4 is 10.6 Å². The maximum atomic E-state index is 12.3. The van der Waals surface area contributed by atoms with Gasteiger partial charge in [-0.3, -0.25) is 4.79 Å². The topological polar surface area (TPSA) is 54.0 Å². The molecule has 0 saturated carbocycles. The molecule has 5 heteroatoms. The Labute approximate surface area is 159 Å². The van der Waals surface area contributed by atoms with Gasteiger partial charge in [0.15, 0.2) is 0 Å². The number of hydrogen-bond donors (Lipinski definition) is 2. The van der Waals surface area contributed by atoms with Crippen LogP contribution in [-0.4, -0.2) is 10.9 Å². The van der Waals surface area contributed by atoms with Crippen molar-refractivity contribution in [3.63, 3.8) is 0 Å². The van der Waals surface area contributed by atoms with Gasteiger partial charge in [-0.15, -0.1) is 0 Å². The van der Waals surface area contributed by atoms with Gasteiger partial charge >= 0.3 is 0 Å². The summed E-state index contributed by atoms with van der Waals surface area (Å²) in [6.45, 7) is 0. The zero-order valence-electron chi connectivity index (χ0n) is 13.2. The highest BCUT2D eigenvalue weighted by molar-refractivity contribution is 14.1. The molecule has 1 amide bonds. The third kappa shape index (κ3) is 3.28. The number of halogens is 1. The molecular formula is C20H14IN3O. The van der Waals surface area contributed by atoms with Gasteiger partial charge in [0.25, 0.3) is 5.91 Å². The van der Waals surface area contributed by atoms with Crippen molar-refractivity contribution in [1.29, 1.82) is 0 Å². The molecule has 0 fully saturated rings. The monoisotopic (exact) mass is 439 g/mol. The van der Waals surface area contributed by atoms with E-state index in [1.54, 1.807) is 12.4 Å². The third-order valence-electron chi connectivity index (χ3n) is 3.99. The summed E-state index contributed by atoms with van der Waals surface area (Å²) in [5.74, 6) is 0.450. The Kier molecular flexibility index (Phi) is 4.23. The number of carbonyl (C=O) groups excluding carboxylic acids is 1. The largest absolute Gasteiger partial charge is 0.361 e. The molecule has 0 atom stereocenters. The molecule has 0 bridgehead atoms. The number of hydrogen-bond acceptors (Lipinski definition) is 3. The Balaban J connectivity index is 1.68. The molecule has 2 N–H and O–H groups in total. The molecule has 1 aromatic heterocycles. The molecule has 4 nitrogen and oxygen atoms in total. The van der Waals surface area contributed by atoms with Crippen LogP contribution in [0.25, 0.3) is 16.7 Å². The number of amides is 1. The predicted octanol–water partition coefficient (Wildman–Crippen LogP) is 4.76. The van der Waals surface area contributed by atoms with Gasteiger partial charge in [-0.2, -0.15) is 0 Å². The second-order valence-electron chi connectivity index (χ2n) is 5.65. The van der Waals surface area contributed by atoms with E-state index in [2.05, 4.69) is 38.2 Å². The highest BCUT2D eigenvalue weighted by Crippen LogP contribution is 2.33. The van der Waals surface area contributed by atoms with Crippen molar-refractivity contribution in [2.45, 2.75) is 0 Å². The van der Waals surface area contributed by atoms with Crippen LogP contribution in [0.15, 0.2) is 73.1 Å². The van der Waals surface area contributed by atoms with E-state index in [1.807, 2.05) is 60.7 Å².